The first kappa shape index (κ1) is 39.0. The first-order valence-electron chi connectivity index (χ1n) is 18.2. The van der Waals surface area contributed by atoms with E-state index in [1.807, 2.05) is 152 Å². The number of amides is 2. The van der Waals surface area contributed by atoms with E-state index >= 15 is 0 Å². The number of nitrogens with zero attached hydrogens (tertiary/aromatic N) is 3. The minimum absolute atomic E-state index is 0.0137. The maximum Gasteiger partial charge on any atom is 0.335 e. The average Bonchev–Trinajstić information content (AvgIpc) is 3.61. The third-order valence-corrected chi connectivity index (χ3v) is 12.8. The molecule has 2 fully saturated rings. The summed E-state index contributed by atoms with van der Waals surface area (Å²) in [4.78, 5) is 55.2. The molecule has 58 heavy (non-hydrogen) atoms. The van der Waals surface area contributed by atoms with Gasteiger partial charge in [-0.3, -0.25) is 9.59 Å². The molecule has 5 aromatic carbocycles. The van der Waals surface area contributed by atoms with E-state index in [1.165, 1.54) is 16.7 Å². The van der Waals surface area contributed by atoms with E-state index in [0.29, 0.717) is 4.86 Å². The molecule has 2 aliphatic rings. The number of thiazole rings is 1. The zero-order valence-corrected chi connectivity index (χ0v) is 33.7. The standard InChI is InChI=1S/C44H34ClN5O5S3/c45-38-33(48-43(46)58-38)34(49-55-44(29-20-10-3-11-21-29,30-22-12-4-13-23-30)31-24-14-5-15-25-31)39(51)47-35-40(52)50-36(32(56)26-57-41(35)50)42(53)54-37(27-16-6-1-7-17-27)28-18-8-2-9-19-28/h1-25,35-37,41H,26H2,(H2,46,48)(H,47,51)/t35-,36?,41+/m1/s1. The van der Waals surface area contributed by atoms with Crippen molar-refractivity contribution in [1.82, 2.24) is 15.2 Å². The molecule has 14 heteroatoms. The van der Waals surface area contributed by atoms with Crippen LogP contribution >= 0.6 is 46.9 Å². The Hall–Kier alpha value is -5.86. The normalized spacial score (nSPS) is 17.9. The lowest BCUT2D eigenvalue weighted by Gasteiger charge is -2.52. The second kappa shape index (κ2) is 16.9. The number of oxime groups is 1. The number of nitrogens with two attached hydrogens (primary N) is 1. The van der Waals surface area contributed by atoms with E-state index in [0.717, 1.165) is 39.2 Å². The molecule has 0 saturated carbocycles. The zero-order valence-electron chi connectivity index (χ0n) is 30.5. The van der Waals surface area contributed by atoms with Gasteiger partial charge in [-0.2, -0.15) is 0 Å². The van der Waals surface area contributed by atoms with Crippen molar-refractivity contribution >= 4 is 80.4 Å². The van der Waals surface area contributed by atoms with Crippen LogP contribution in [-0.2, 0) is 29.6 Å². The Morgan fingerprint density at radius 2 is 1.31 bits per heavy atom. The van der Waals surface area contributed by atoms with Crippen LogP contribution in [0.15, 0.2) is 157 Å². The number of nitrogen functional groups attached to an aromatic ring is 1. The summed E-state index contributed by atoms with van der Waals surface area (Å²) in [5.41, 5.74) is 8.15. The lowest BCUT2D eigenvalue weighted by Crippen LogP contribution is -2.76. The summed E-state index contributed by atoms with van der Waals surface area (Å²) in [6.07, 6.45) is -0.735. The fraction of sp³-hybridized carbons (Fsp3) is 0.136. The third-order valence-electron chi connectivity index (χ3n) is 9.86. The second-order valence-electron chi connectivity index (χ2n) is 13.4. The number of anilines is 1. The Morgan fingerprint density at radius 3 is 1.78 bits per heavy atom. The quantitative estimate of drug-likeness (QED) is 0.0320. The van der Waals surface area contributed by atoms with Gasteiger partial charge in [-0.05, 0) is 11.1 Å². The molecule has 3 atom stereocenters. The fourth-order valence-electron chi connectivity index (χ4n) is 7.14. The van der Waals surface area contributed by atoms with Gasteiger partial charge in [0.25, 0.3) is 5.91 Å². The molecule has 6 aromatic rings. The Labute approximate surface area is 353 Å². The first-order chi connectivity index (χ1) is 28.3. The van der Waals surface area contributed by atoms with Crippen molar-refractivity contribution in [2.45, 2.75) is 29.2 Å². The molecular formula is C44H34ClN5O5S3. The van der Waals surface area contributed by atoms with E-state index in [4.69, 9.17) is 39.1 Å². The minimum atomic E-state index is -1.34. The fourth-order valence-corrected chi connectivity index (χ4v) is 9.74. The van der Waals surface area contributed by atoms with E-state index in [2.05, 4.69) is 15.5 Å². The minimum Gasteiger partial charge on any atom is -0.451 e. The van der Waals surface area contributed by atoms with E-state index in [9.17, 15) is 14.4 Å². The second-order valence-corrected chi connectivity index (χ2v) is 16.7. The number of thiocarbonyl (C=S) groups is 1. The summed E-state index contributed by atoms with van der Waals surface area (Å²) in [6, 6.07) is 45.1. The number of esters is 1. The molecule has 1 unspecified atom stereocenters. The highest BCUT2D eigenvalue weighted by Gasteiger charge is 2.57. The van der Waals surface area contributed by atoms with Gasteiger partial charge in [0.2, 0.25) is 11.5 Å². The van der Waals surface area contributed by atoms with Gasteiger partial charge in [-0.1, -0.05) is 192 Å². The number of ether oxygens (including phenoxy) is 1. The highest BCUT2D eigenvalue weighted by atomic mass is 35.5. The molecule has 0 aliphatic carbocycles. The Balaban J connectivity index is 1.10. The van der Waals surface area contributed by atoms with Gasteiger partial charge in [-0.15, -0.1) is 11.8 Å². The molecule has 3 N–H and O–H groups in total. The summed E-state index contributed by atoms with van der Waals surface area (Å²) in [6.45, 7) is 0. The summed E-state index contributed by atoms with van der Waals surface area (Å²) in [5.74, 6) is -1.68. The molecule has 0 radical (unpaired) electrons. The third kappa shape index (κ3) is 7.49. The van der Waals surface area contributed by atoms with Gasteiger partial charge in [0.15, 0.2) is 23.0 Å². The lowest BCUT2D eigenvalue weighted by atomic mass is 9.80. The number of aromatic nitrogens is 1. The van der Waals surface area contributed by atoms with Gasteiger partial charge in [0, 0.05) is 27.3 Å². The summed E-state index contributed by atoms with van der Waals surface area (Å²) in [7, 11) is 0. The molecular weight excluding hydrogens is 810 g/mol. The van der Waals surface area contributed by atoms with Gasteiger partial charge in [-0.25, -0.2) is 9.78 Å². The van der Waals surface area contributed by atoms with Gasteiger partial charge in [0.1, 0.15) is 21.4 Å². The van der Waals surface area contributed by atoms with Crippen LogP contribution in [0.1, 0.15) is 39.6 Å². The molecule has 0 spiro atoms. The van der Waals surface area contributed by atoms with Gasteiger partial charge in [0.05, 0.1) is 0 Å². The van der Waals surface area contributed by atoms with Crippen LogP contribution in [-0.4, -0.2) is 61.5 Å². The number of halogens is 1. The highest BCUT2D eigenvalue weighted by Crippen LogP contribution is 2.42. The largest absolute Gasteiger partial charge is 0.451 e. The van der Waals surface area contributed by atoms with Crippen LogP contribution in [0.5, 0.6) is 0 Å². The van der Waals surface area contributed by atoms with Crippen LogP contribution < -0.4 is 11.1 Å². The molecule has 8 rings (SSSR count). The zero-order chi connectivity index (χ0) is 40.2. The van der Waals surface area contributed by atoms with Crippen LogP contribution in [0.4, 0.5) is 5.13 Å². The van der Waals surface area contributed by atoms with Gasteiger partial charge >= 0.3 is 5.97 Å². The number of nitrogens with one attached hydrogen (secondary N) is 1. The molecule has 2 saturated heterocycles. The van der Waals surface area contributed by atoms with Crippen LogP contribution in [0.3, 0.4) is 0 Å². The van der Waals surface area contributed by atoms with Crippen molar-refractivity contribution in [2.75, 3.05) is 11.5 Å². The number of fused-ring (bicyclic) bond motifs is 1. The lowest BCUT2D eigenvalue weighted by molar-refractivity contribution is -0.163. The number of hydrogen-bond donors (Lipinski definition) is 2. The van der Waals surface area contributed by atoms with Crippen molar-refractivity contribution in [3.05, 3.63) is 190 Å². The van der Waals surface area contributed by atoms with Crippen LogP contribution in [0, 0.1) is 0 Å². The number of hydrogen-bond acceptors (Lipinski definition) is 11. The number of carbonyl (C=O) groups is 3. The van der Waals surface area contributed by atoms with Crippen molar-refractivity contribution in [3.8, 4) is 0 Å². The Morgan fingerprint density at radius 1 is 0.828 bits per heavy atom. The number of benzene rings is 5. The predicted octanol–water partition coefficient (Wildman–Crippen LogP) is 7.56. The number of β-lactam (4-membered cyclic amide) rings is 1. The topological polar surface area (TPSA) is 136 Å². The number of thioether (sulfide) groups is 1. The van der Waals surface area contributed by atoms with Gasteiger partial charge < -0.3 is 25.5 Å². The summed E-state index contributed by atoms with van der Waals surface area (Å²) >= 11 is 14.6. The Kier molecular flexibility index (Phi) is 11.4. The molecule has 2 amide bonds. The Bertz CT molecular complexity index is 2340. The first-order valence-corrected chi connectivity index (χ1v) is 20.8. The molecule has 2 aliphatic heterocycles. The SMILES string of the molecule is Nc1nc(C(=NOC(c2ccccc2)(c2ccccc2)c2ccccc2)C(=O)N[C@@H]2C(=O)N3C(C(=O)OC(c4ccccc4)c4ccccc4)C(=S)CS[C@@H]23)c(Cl)s1. The monoisotopic (exact) mass is 843 g/mol. The number of carbonyl (C=O) groups excluding carboxylic acids is 3. The highest BCUT2D eigenvalue weighted by molar-refractivity contribution is 8.02. The molecule has 3 heterocycles. The smallest absolute Gasteiger partial charge is 0.335 e. The molecule has 290 valence electrons. The van der Waals surface area contributed by atoms with E-state index < -0.39 is 46.9 Å². The van der Waals surface area contributed by atoms with Crippen molar-refractivity contribution in [3.63, 3.8) is 0 Å². The molecule has 10 nitrogen and oxygen atoms in total. The van der Waals surface area contributed by atoms with Crippen molar-refractivity contribution in [2.24, 2.45) is 5.16 Å². The van der Waals surface area contributed by atoms with Crippen LogP contribution in [0.2, 0.25) is 4.34 Å². The van der Waals surface area contributed by atoms with Crippen molar-refractivity contribution < 1.29 is 24.0 Å². The van der Waals surface area contributed by atoms with E-state index in [-0.39, 0.29) is 26.6 Å². The molecule has 1 aromatic heterocycles. The summed E-state index contributed by atoms with van der Waals surface area (Å²) < 4.78 is 6.25. The summed E-state index contributed by atoms with van der Waals surface area (Å²) in [5, 5.41) is 6.84. The van der Waals surface area contributed by atoms with Crippen LogP contribution in [0.25, 0.3) is 0 Å². The van der Waals surface area contributed by atoms with Crippen molar-refractivity contribution in [1.29, 1.82) is 0 Å². The predicted molar refractivity (Wildman–Crippen MR) is 231 cm³/mol. The maximum absolute atomic E-state index is 14.4. The maximum atomic E-state index is 14.4. The number of rotatable bonds is 12. The molecule has 0 bridgehead atoms. The average molecular weight is 844 g/mol. The van der Waals surface area contributed by atoms with E-state index in [1.54, 1.807) is 0 Å².